The first-order valence-corrected chi connectivity index (χ1v) is 9.41. The number of hydrogen-bond donors (Lipinski definition) is 0. The molecule has 0 aliphatic rings. The molecule has 0 radical (unpaired) electrons. The van der Waals surface area contributed by atoms with E-state index in [0.29, 0.717) is 0 Å². The van der Waals surface area contributed by atoms with Gasteiger partial charge in [-0.15, -0.1) is 0 Å². The maximum atomic E-state index is 3.89. The summed E-state index contributed by atoms with van der Waals surface area (Å²) in [5.74, 6) is 0. The molecule has 0 saturated heterocycles. The molecule has 2 rings (SSSR count). The molecule has 0 fully saturated rings. The molecule has 21 heavy (non-hydrogen) atoms. The lowest BCUT2D eigenvalue weighted by Crippen LogP contribution is -2.22. The van der Waals surface area contributed by atoms with Crippen LogP contribution in [0.2, 0.25) is 0 Å². The fraction of sp³-hybridized carbons (Fsp3) is 0.100. The van der Waals surface area contributed by atoms with Crippen LogP contribution in [0.25, 0.3) is 0 Å². The van der Waals surface area contributed by atoms with Crippen LogP contribution in [0.1, 0.15) is 6.92 Å². The van der Waals surface area contributed by atoms with Gasteiger partial charge in [0.2, 0.25) is 0 Å². The first-order chi connectivity index (χ1) is 10.2. The Labute approximate surface area is 128 Å². The molecule has 0 nitrogen and oxygen atoms in total. The van der Waals surface area contributed by atoms with Crippen molar-refractivity contribution in [2.45, 2.75) is 6.92 Å². The van der Waals surface area contributed by atoms with E-state index < -0.39 is 7.26 Å². The smallest absolute Gasteiger partial charge is 0.0989 e. The van der Waals surface area contributed by atoms with Crippen LogP contribution in [0.4, 0.5) is 0 Å². The Bertz CT molecular complexity index is 597. The summed E-state index contributed by atoms with van der Waals surface area (Å²) in [6.07, 6.45) is 8.36. The molecule has 2 aromatic carbocycles. The highest BCUT2D eigenvalue weighted by Gasteiger charge is 2.40. The lowest BCUT2D eigenvalue weighted by atomic mass is 10.4. The fourth-order valence-corrected chi connectivity index (χ4v) is 5.83. The molecule has 0 unspecified atom stereocenters. The van der Waals surface area contributed by atoms with E-state index in [2.05, 4.69) is 99.1 Å². The van der Waals surface area contributed by atoms with Crippen molar-refractivity contribution < 1.29 is 0 Å². The van der Waals surface area contributed by atoms with Crippen molar-refractivity contribution in [3.8, 4) is 0 Å². The Kier molecular flexibility index (Phi) is 5.31. The maximum Gasteiger partial charge on any atom is 0.109 e. The number of allylic oxidation sites excluding steroid dienone is 5. The molecule has 0 heterocycles. The molecule has 0 saturated carbocycles. The first kappa shape index (κ1) is 15.5. The van der Waals surface area contributed by atoms with Crippen LogP contribution in [0.5, 0.6) is 0 Å². The quantitative estimate of drug-likeness (QED) is 0.541. The predicted molar refractivity (Wildman–Crippen MR) is 98.1 cm³/mol. The monoisotopic (exact) mass is 293 g/mol. The molecule has 0 N–H and O–H groups in total. The lowest BCUT2D eigenvalue weighted by Gasteiger charge is -2.23. The predicted octanol–water partition coefficient (Wildman–Crippen LogP) is 4.93. The average Bonchev–Trinajstić information content (AvgIpc) is 2.55. The van der Waals surface area contributed by atoms with Crippen molar-refractivity contribution in [1.29, 1.82) is 0 Å². The zero-order valence-corrected chi connectivity index (χ0v) is 13.6. The molecule has 0 aliphatic heterocycles. The van der Waals surface area contributed by atoms with Gasteiger partial charge in [-0.1, -0.05) is 55.1 Å². The van der Waals surface area contributed by atoms with Gasteiger partial charge in [-0.2, -0.15) is 0 Å². The topological polar surface area (TPSA) is 0 Å². The van der Waals surface area contributed by atoms with Gasteiger partial charge in [0.05, 0.1) is 6.66 Å². The van der Waals surface area contributed by atoms with Crippen molar-refractivity contribution in [3.63, 3.8) is 0 Å². The summed E-state index contributed by atoms with van der Waals surface area (Å²) in [6.45, 7) is 8.34. The van der Waals surface area contributed by atoms with E-state index in [4.69, 9.17) is 0 Å². The van der Waals surface area contributed by atoms with Crippen molar-refractivity contribution in [3.05, 3.63) is 96.9 Å². The lowest BCUT2D eigenvalue weighted by molar-refractivity contribution is 1.68. The molecule has 2 aromatic rings. The normalized spacial score (nSPS) is 12.6. The second kappa shape index (κ2) is 7.20. The highest BCUT2D eigenvalue weighted by molar-refractivity contribution is 7.92. The van der Waals surface area contributed by atoms with E-state index in [1.165, 1.54) is 15.9 Å². The Morgan fingerprint density at radius 3 is 1.76 bits per heavy atom. The summed E-state index contributed by atoms with van der Waals surface area (Å²) in [7, 11) is -1.61. The van der Waals surface area contributed by atoms with Gasteiger partial charge in [-0.25, -0.2) is 0 Å². The van der Waals surface area contributed by atoms with E-state index in [9.17, 15) is 0 Å². The van der Waals surface area contributed by atoms with Crippen LogP contribution in [0.15, 0.2) is 96.9 Å². The third-order valence-corrected chi connectivity index (χ3v) is 7.68. The standard InChI is InChI=1S/C20H22P/c1-4-12-18(13-5-2)21(3,19-14-8-6-9-15-19)20-16-10-7-11-17-20/h4-17H,1H2,2-3H3/q+1/b13-5-,18-12+. The van der Waals surface area contributed by atoms with Gasteiger partial charge in [0.15, 0.2) is 0 Å². The van der Waals surface area contributed by atoms with E-state index in [1.54, 1.807) is 0 Å². The molecule has 0 aromatic heterocycles. The number of rotatable bonds is 5. The number of benzene rings is 2. The van der Waals surface area contributed by atoms with E-state index in [-0.39, 0.29) is 0 Å². The summed E-state index contributed by atoms with van der Waals surface area (Å²) in [6, 6.07) is 21.6. The van der Waals surface area contributed by atoms with Gasteiger partial charge in [-0.05, 0) is 43.3 Å². The van der Waals surface area contributed by atoms with Crippen LogP contribution >= 0.6 is 7.26 Å². The SMILES string of the molecule is C=C/C=C(\C=C/C)[P+](C)(c1ccccc1)c1ccccc1. The van der Waals surface area contributed by atoms with Crippen LogP contribution < -0.4 is 10.6 Å². The second-order valence-corrected chi connectivity index (χ2v) is 8.57. The van der Waals surface area contributed by atoms with Crippen molar-refractivity contribution in [1.82, 2.24) is 0 Å². The van der Waals surface area contributed by atoms with Crippen molar-refractivity contribution >= 4 is 17.9 Å². The first-order valence-electron chi connectivity index (χ1n) is 7.17. The average molecular weight is 293 g/mol. The highest BCUT2D eigenvalue weighted by Crippen LogP contribution is 2.60. The minimum absolute atomic E-state index is 1.34. The van der Waals surface area contributed by atoms with E-state index in [1.807, 2.05) is 6.08 Å². The van der Waals surface area contributed by atoms with Crippen molar-refractivity contribution in [2.24, 2.45) is 0 Å². The van der Waals surface area contributed by atoms with Gasteiger partial charge in [0.1, 0.15) is 23.2 Å². The van der Waals surface area contributed by atoms with Crippen LogP contribution in [-0.2, 0) is 0 Å². The van der Waals surface area contributed by atoms with E-state index >= 15 is 0 Å². The van der Waals surface area contributed by atoms with Crippen LogP contribution in [0, 0.1) is 0 Å². The van der Waals surface area contributed by atoms with Crippen molar-refractivity contribution in [2.75, 3.05) is 6.66 Å². The molecule has 106 valence electrons. The van der Waals surface area contributed by atoms with Gasteiger partial charge >= 0.3 is 0 Å². The summed E-state index contributed by atoms with van der Waals surface area (Å²) in [5.41, 5.74) is 0. The van der Waals surface area contributed by atoms with Crippen LogP contribution in [-0.4, -0.2) is 6.66 Å². The minimum atomic E-state index is -1.61. The van der Waals surface area contributed by atoms with Gasteiger partial charge in [0, 0.05) is 0 Å². The Morgan fingerprint density at radius 2 is 1.38 bits per heavy atom. The molecule has 0 amide bonds. The third-order valence-electron chi connectivity index (χ3n) is 3.69. The molecule has 1 heteroatoms. The summed E-state index contributed by atoms with van der Waals surface area (Å²) >= 11 is 0. The molecule has 0 spiro atoms. The molecule has 0 atom stereocenters. The van der Waals surface area contributed by atoms with Gasteiger partial charge in [0.25, 0.3) is 0 Å². The van der Waals surface area contributed by atoms with Gasteiger partial charge < -0.3 is 0 Å². The molecule has 0 aliphatic carbocycles. The highest BCUT2D eigenvalue weighted by atomic mass is 31.2. The molecular weight excluding hydrogens is 271 g/mol. The summed E-state index contributed by atoms with van der Waals surface area (Å²) in [5, 5.41) is 4.13. The Balaban J connectivity index is 2.70. The Morgan fingerprint density at radius 1 is 0.905 bits per heavy atom. The molecule has 0 bridgehead atoms. The zero-order valence-electron chi connectivity index (χ0n) is 12.7. The largest absolute Gasteiger partial charge is 0.109 e. The summed E-state index contributed by atoms with van der Waals surface area (Å²) in [4.78, 5) is 0. The van der Waals surface area contributed by atoms with Gasteiger partial charge in [-0.3, -0.25) is 0 Å². The number of hydrogen-bond acceptors (Lipinski definition) is 0. The van der Waals surface area contributed by atoms with Crippen LogP contribution in [0.3, 0.4) is 0 Å². The fourth-order valence-electron chi connectivity index (χ4n) is 2.54. The maximum absolute atomic E-state index is 3.89. The van der Waals surface area contributed by atoms with E-state index in [0.717, 1.165) is 0 Å². The summed E-state index contributed by atoms with van der Waals surface area (Å²) < 4.78 is 0. The molecular formula is C20H22P+. The zero-order chi connectivity index (χ0) is 15.1. The minimum Gasteiger partial charge on any atom is -0.0989 e. The second-order valence-electron chi connectivity index (χ2n) is 5.00. The Hall–Kier alpha value is -1.91. The third kappa shape index (κ3) is 3.23.